The fraction of sp³-hybridized carbons (Fsp3) is 0.875. The molecule has 1 saturated heterocycles. The number of ether oxygens (including phenoxy) is 1. The van der Waals surface area contributed by atoms with Gasteiger partial charge < -0.3 is 15.2 Å². The number of rotatable bonds is 8. The van der Waals surface area contributed by atoms with Crippen LogP contribution in [0.15, 0.2) is 0 Å². The molecule has 2 fully saturated rings. The molecule has 1 amide bonds. The number of carbonyl (C=O) groups is 2. The van der Waals surface area contributed by atoms with Crippen LogP contribution in [0.1, 0.15) is 52.4 Å². The van der Waals surface area contributed by atoms with E-state index < -0.39 is 5.97 Å². The van der Waals surface area contributed by atoms with Crippen LogP contribution in [-0.2, 0) is 14.3 Å². The van der Waals surface area contributed by atoms with Crippen molar-refractivity contribution >= 4 is 11.9 Å². The van der Waals surface area contributed by atoms with E-state index in [0.29, 0.717) is 12.5 Å². The number of nitrogens with one attached hydrogen (secondary N) is 1. The minimum Gasteiger partial charge on any atom is -0.480 e. The first-order chi connectivity index (χ1) is 10.5. The molecule has 6 heteroatoms. The van der Waals surface area contributed by atoms with Crippen LogP contribution in [0, 0.1) is 0 Å². The number of likely N-dealkylation sites (N-methyl/N-ethyl adjacent to an activating group) is 1. The third kappa shape index (κ3) is 4.95. The highest BCUT2D eigenvalue weighted by atomic mass is 16.5. The fourth-order valence-corrected chi connectivity index (χ4v) is 3.37. The molecule has 1 saturated carbocycles. The smallest absolute Gasteiger partial charge is 0.317 e. The molecule has 0 aromatic heterocycles. The maximum absolute atomic E-state index is 11.9. The normalized spacial score (nSPS) is 31.0. The average molecular weight is 312 g/mol. The quantitative estimate of drug-likeness (QED) is 0.708. The Hall–Kier alpha value is -1.14. The van der Waals surface area contributed by atoms with E-state index in [-0.39, 0.29) is 30.6 Å². The predicted octanol–water partition coefficient (Wildman–Crippen LogP) is 1.39. The van der Waals surface area contributed by atoms with E-state index in [1.54, 1.807) is 0 Å². The Morgan fingerprint density at radius 1 is 1.32 bits per heavy atom. The largest absolute Gasteiger partial charge is 0.480 e. The maximum Gasteiger partial charge on any atom is 0.317 e. The second-order valence-corrected chi connectivity index (χ2v) is 6.53. The molecule has 1 aliphatic carbocycles. The van der Waals surface area contributed by atoms with Crippen molar-refractivity contribution in [2.75, 3.05) is 13.1 Å². The number of amides is 1. The lowest BCUT2D eigenvalue weighted by atomic mass is 9.85. The number of carboxylic acids is 1. The van der Waals surface area contributed by atoms with E-state index in [9.17, 15) is 9.59 Å². The molecule has 22 heavy (non-hydrogen) atoms. The molecule has 1 heterocycles. The monoisotopic (exact) mass is 312 g/mol. The second kappa shape index (κ2) is 7.92. The van der Waals surface area contributed by atoms with Gasteiger partial charge in [0.2, 0.25) is 5.91 Å². The average Bonchev–Trinajstić information content (AvgIpc) is 2.83. The van der Waals surface area contributed by atoms with Gasteiger partial charge in [-0.05, 0) is 45.6 Å². The highest BCUT2D eigenvalue weighted by molar-refractivity contribution is 5.76. The summed E-state index contributed by atoms with van der Waals surface area (Å²) in [6, 6.07) is 0.481. The molecule has 126 valence electrons. The van der Waals surface area contributed by atoms with Crippen molar-refractivity contribution in [3.63, 3.8) is 0 Å². The number of nitrogens with zero attached hydrogens (tertiary/aromatic N) is 1. The van der Waals surface area contributed by atoms with Crippen molar-refractivity contribution in [2.45, 2.75) is 76.7 Å². The number of hydrogen-bond acceptors (Lipinski definition) is 4. The van der Waals surface area contributed by atoms with Crippen LogP contribution >= 0.6 is 0 Å². The summed E-state index contributed by atoms with van der Waals surface area (Å²) >= 11 is 0. The van der Waals surface area contributed by atoms with E-state index in [4.69, 9.17) is 9.84 Å². The number of carbonyl (C=O) groups excluding carboxylic acids is 1. The van der Waals surface area contributed by atoms with Crippen LogP contribution in [-0.4, -0.2) is 59.3 Å². The van der Waals surface area contributed by atoms with E-state index in [1.807, 2.05) is 11.8 Å². The minimum atomic E-state index is -0.792. The highest BCUT2D eigenvalue weighted by Crippen LogP contribution is 2.26. The number of aliphatic carboxylic acids is 1. The van der Waals surface area contributed by atoms with Gasteiger partial charge in [0.05, 0.1) is 18.8 Å². The molecule has 1 aliphatic heterocycles. The third-order valence-electron chi connectivity index (χ3n) is 4.75. The van der Waals surface area contributed by atoms with E-state index in [2.05, 4.69) is 12.2 Å². The van der Waals surface area contributed by atoms with Gasteiger partial charge in [-0.2, -0.15) is 0 Å². The first-order valence-electron chi connectivity index (χ1n) is 8.38. The molecule has 2 rings (SSSR count). The molecular formula is C16H28N2O4. The van der Waals surface area contributed by atoms with Gasteiger partial charge in [-0.3, -0.25) is 14.5 Å². The zero-order valence-corrected chi connectivity index (χ0v) is 13.6. The van der Waals surface area contributed by atoms with Gasteiger partial charge in [0.15, 0.2) is 0 Å². The fourth-order valence-electron chi connectivity index (χ4n) is 3.37. The molecule has 0 bridgehead atoms. The van der Waals surface area contributed by atoms with Crippen molar-refractivity contribution in [3.8, 4) is 0 Å². The molecule has 0 unspecified atom stereocenters. The van der Waals surface area contributed by atoms with Crippen LogP contribution in [0.3, 0.4) is 0 Å². The maximum atomic E-state index is 11.9. The summed E-state index contributed by atoms with van der Waals surface area (Å²) < 4.78 is 5.71. The third-order valence-corrected chi connectivity index (χ3v) is 4.75. The summed E-state index contributed by atoms with van der Waals surface area (Å²) in [5.41, 5.74) is 0. The topological polar surface area (TPSA) is 78.9 Å². The Bertz CT molecular complexity index is 396. The van der Waals surface area contributed by atoms with Crippen LogP contribution in [0.2, 0.25) is 0 Å². The summed E-state index contributed by atoms with van der Waals surface area (Å²) in [6.07, 6.45) is 5.73. The number of carboxylic acid groups (broad SMARTS) is 1. The minimum absolute atomic E-state index is 0.0824. The molecule has 0 aromatic rings. The first kappa shape index (κ1) is 17.2. The summed E-state index contributed by atoms with van der Waals surface area (Å²) in [7, 11) is 0. The molecule has 2 N–H and O–H groups in total. The van der Waals surface area contributed by atoms with Crippen LogP contribution in [0.25, 0.3) is 0 Å². The van der Waals surface area contributed by atoms with Gasteiger partial charge in [-0.25, -0.2) is 0 Å². The lowest BCUT2D eigenvalue weighted by Gasteiger charge is -2.42. The molecule has 2 aliphatic rings. The lowest BCUT2D eigenvalue weighted by Crippen LogP contribution is -2.54. The Balaban J connectivity index is 1.60. The highest BCUT2D eigenvalue weighted by Gasteiger charge is 2.34. The van der Waals surface area contributed by atoms with Gasteiger partial charge in [0, 0.05) is 18.5 Å². The van der Waals surface area contributed by atoms with Crippen molar-refractivity contribution in [2.24, 2.45) is 0 Å². The van der Waals surface area contributed by atoms with Crippen LogP contribution in [0.4, 0.5) is 0 Å². The molecule has 0 radical (unpaired) electrons. The van der Waals surface area contributed by atoms with E-state index in [0.717, 1.165) is 38.6 Å². The van der Waals surface area contributed by atoms with Crippen LogP contribution in [0.5, 0.6) is 0 Å². The molecule has 2 atom stereocenters. The summed E-state index contributed by atoms with van der Waals surface area (Å²) in [4.78, 5) is 24.7. The zero-order valence-electron chi connectivity index (χ0n) is 13.6. The summed E-state index contributed by atoms with van der Waals surface area (Å²) in [6.45, 7) is 4.86. The van der Waals surface area contributed by atoms with E-state index in [1.165, 1.54) is 0 Å². The Morgan fingerprint density at radius 2 is 2.05 bits per heavy atom. The van der Waals surface area contributed by atoms with Crippen LogP contribution < -0.4 is 5.32 Å². The molecule has 0 spiro atoms. The molecule has 6 nitrogen and oxygen atoms in total. The van der Waals surface area contributed by atoms with Crippen molar-refractivity contribution in [3.05, 3.63) is 0 Å². The predicted molar refractivity (Wildman–Crippen MR) is 82.6 cm³/mol. The van der Waals surface area contributed by atoms with Crippen molar-refractivity contribution < 1.29 is 19.4 Å². The first-order valence-corrected chi connectivity index (χ1v) is 8.38. The SMILES string of the molecule is CCN(CC(=O)O)C1CC(NC(=O)CC[C@@H]2CC[C@H](C)O2)C1. The van der Waals surface area contributed by atoms with E-state index >= 15 is 0 Å². The Labute approximate surface area is 132 Å². The Kier molecular flexibility index (Phi) is 6.20. The van der Waals surface area contributed by atoms with Crippen molar-refractivity contribution in [1.82, 2.24) is 10.2 Å². The van der Waals surface area contributed by atoms with Gasteiger partial charge in [0.25, 0.3) is 0 Å². The lowest BCUT2D eigenvalue weighted by molar-refractivity contribution is -0.139. The molecular weight excluding hydrogens is 284 g/mol. The second-order valence-electron chi connectivity index (χ2n) is 6.53. The van der Waals surface area contributed by atoms with Gasteiger partial charge in [0.1, 0.15) is 0 Å². The molecule has 0 aromatic carbocycles. The number of hydrogen-bond donors (Lipinski definition) is 2. The summed E-state index contributed by atoms with van der Waals surface area (Å²) in [5, 5.41) is 11.9. The van der Waals surface area contributed by atoms with Gasteiger partial charge >= 0.3 is 5.97 Å². The van der Waals surface area contributed by atoms with Gasteiger partial charge in [-0.15, -0.1) is 0 Å². The Morgan fingerprint density at radius 3 is 2.59 bits per heavy atom. The summed E-state index contributed by atoms with van der Waals surface area (Å²) in [5.74, 6) is -0.701. The van der Waals surface area contributed by atoms with Crippen molar-refractivity contribution in [1.29, 1.82) is 0 Å². The van der Waals surface area contributed by atoms with Gasteiger partial charge in [-0.1, -0.05) is 6.92 Å². The zero-order chi connectivity index (χ0) is 16.1. The standard InChI is InChI=1S/C16H28N2O4/c1-3-18(10-16(20)21)13-8-12(9-13)17-15(19)7-6-14-5-4-11(2)22-14/h11-14H,3-10H2,1-2H3,(H,17,19)(H,20,21)/t11-,12?,13?,14-/m0/s1.